The number of nitrogens with zero attached hydrogens (tertiary/aromatic N) is 2. The number of thioether (sulfide) groups is 1. The summed E-state index contributed by atoms with van der Waals surface area (Å²) >= 11 is 7.28. The average molecular weight is 407 g/mol. The largest absolute Gasteiger partial charge is 0.466 e. The first-order chi connectivity index (χ1) is 12.9. The van der Waals surface area contributed by atoms with Gasteiger partial charge in [0.25, 0.3) is 0 Å². The van der Waals surface area contributed by atoms with E-state index in [1.165, 1.54) is 18.9 Å². The molecule has 0 spiro atoms. The first-order valence-electron chi connectivity index (χ1n) is 8.37. The number of hydrogen-bond donors (Lipinski definition) is 0. The highest BCUT2D eigenvalue weighted by Crippen LogP contribution is 2.47. The molecule has 2 aliphatic heterocycles. The molecule has 0 saturated heterocycles. The van der Waals surface area contributed by atoms with Gasteiger partial charge in [0.15, 0.2) is 5.17 Å². The number of benzene rings is 1. The van der Waals surface area contributed by atoms with Gasteiger partial charge in [-0.15, -0.1) is 0 Å². The fraction of sp³-hybridized carbons (Fsp3) is 0.316. The van der Waals surface area contributed by atoms with Crippen molar-refractivity contribution in [1.82, 2.24) is 4.90 Å². The van der Waals surface area contributed by atoms with Crippen LogP contribution in [0.4, 0.5) is 0 Å². The van der Waals surface area contributed by atoms with E-state index in [0.29, 0.717) is 32.1 Å². The van der Waals surface area contributed by atoms with Crippen molar-refractivity contribution in [3.8, 4) is 0 Å². The molecule has 0 fully saturated rings. The summed E-state index contributed by atoms with van der Waals surface area (Å²) in [5.74, 6) is -0.859. The van der Waals surface area contributed by atoms with Crippen LogP contribution in [0.3, 0.4) is 0 Å². The maximum atomic E-state index is 12.5. The van der Waals surface area contributed by atoms with Crippen LogP contribution in [0.1, 0.15) is 32.4 Å². The molecular weight excluding hydrogens is 388 g/mol. The molecule has 3 rings (SSSR count). The molecule has 0 N–H and O–H groups in total. The molecule has 2 heterocycles. The van der Waals surface area contributed by atoms with Crippen LogP contribution in [-0.4, -0.2) is 35.7 Å². The molecule has 8 heteroatoms. The summed E-state index contributed by atoms with van der Waals surface area (Å²) in [6.45, 7) is 5.63. The van der Waals surface area contributed by atoms with Crippen molar-refractivity contribution in [2.24, 2.45) is 4.99 Å². The SMILES string of the molecule is CCOC(=O)C1=C(C)N2C(=NC(C)=C(C(=O)OC)[C@@H]2c2ccc(Cl)cc2)S1. The Labute approximate surface area is 166 Å². The summed E-state index contributed by atoms with van der Waals surface area (Å²) < 4.78 is 10.2. The molecule has 0 amide bonds. The van der Waals surface area contributed by atoms with E-state index in [4.69, 9.17) is 21.1 Å². The van der Waals surface area contributed by atoms with Gasteiger partial charge >= 0.3 is 11.9 Å². The summed E-state index contributed by atoms with van der Waals surface area (Å²) in [4.78, 5) is 31.7. The molecule has 27 heavy (non-hydrogen) atoms. The Kier molecular flexibility index (Phi) is 5.62. The van der Waals surface area contributed by atoms with E-state index in [0.717, 1.165) is 5.56 Å². The number of esters is 2. The van der Waals surface area contributed by atoms with Gasteiger partial charge in [0, 0.05) is 10.7 Å². The number of methoxy groups -OCH3 is 1. The lowest BCUT2D eigenvalue weighted by Crippen LogP contribution is -2.36. The van der Waals surface area contributed by atoms with Crippen LogP contribution in [0, 0.1) is 0 Å². The van der Waals surface area contributed by atoms with E-state index in [-0.39, 0.29) is 6.61 Å². The van der Waals surface area contributed by atoms with Gasteiger partial charge in [-0.2, -0.15) is 0 Å². The van der Waals surface area contributed by atoms with E-state index in [2.05, 4.69) is 4.99 Å². The lowest BCUT2D eigenvalue weighted by atomic mass is 9.94. The Bertz CT molecular complexity index is 889. The van der Waals surface area contributed by atoms with Gasteiger partial charge in [-0.3, -0.25) is 0 Å². The zero-order valence-corrected chi connectivity index (χ0v) is 17.0. The van der Waals surface area contributed by atoms with Crippen LogP contribution in [-0.2, 0) is 19.1 Å². The molecule has 1 atom stereocenters. The normalized spacial score (nSPS) is 19.1. The molecule has 1 aromatic carbocycles. The number of rotatable bonds is 4. The number of amidine groups is 1. The molecule has 6 nitrogen and oxygen atoms in total. The van der Waals surface area contributed by atoms with Gasteiger partial charge < -0.3 is 14.4 Å². The van der Waals surface area contributed by atoms with Crippen molar-refractivity contribution in [2.75, 3.05) is 13.7 Å². The first-order valence-corrected chi connectivity index (χ1v) is 9.56. The summed E-state index contributed by atoms with van der Waals surface area (Å²) in [5.41, 5.74) is 2.51. The maximum Gasteiger partial charge on any atom is 0.346 e. The minimum atomic E-state index is -0.471. The Morgan fingerprint density at radius 3 is 2.48 bits per heavy atom. The highest BCUT2D eigenvalue weighted by atomic mass is 35.5. The number of carbonyl (C=O) groups is 2. The van der Waals surface area contributed by atoms with Crippen LogP contribution in [0.2, 0.25) is 5.02 Å². The lowest BCUT2D eigenvalue weighted by Gasteiger charge is -2.35. The van der Waals surface area contributed by atoms with Gasteiger partial charge in [-0.1, -0.05) is 23.7 Å². The predicted molar refractivity (Wildman–Crippen MR) is 105 cm³/mol. The molecule has 2 aliphatic rings. The summed E-state index contributed by atoms with van der Waals surface area (Å²) in [6.07, 6.45) is 0. The highest BCUT2D eigenvalue weighted by Gasteiger charge is 2.43. The van der Waals surface area contributed by atoms with E-state index in [1.807, 2.05) is 24.0 Å². The Morgan fingerprint density at radius 2 is 1.89 bits per heavy atom. The predicted octanol–water partition coefficient (Wildman–Crippen LogP) is 4.04. The van der Waals surface area contributed by atoms with Crippen LogP contribution in [0.15, 0.2) is 51.1 Å². The second kappa shape index (κ2) is 7.78. The number of hydrogen-bond acceptors (Lipinski definition) is 7. The zero-order chi connectivity index (χ0) is 19.7. The summed E-state index contributed by atoms with van der Waals surface area (Å²) in [7, 11) is 1.34. The molecule has 142 valence electrons. The molecule has 0 saturated carbocycles. The van der Waals surface area contributed by atoms with E-state index in [9.17, 15) is 9.59 Å². The topological polar surface area (TPSA) is 68.2 Å². The fourth-order valence-electron chi connectivity index (χ4n) is 3.09. The van der Waals surface area contributed by atoms with Gasteiger partial charge in [-0.05, 0) is 50.2 Å². The van der Waals surface area contributed by atoms with E-state index in [1.54, 1.807) is 26.0 Å². The van der Waals surface area contributed by atoms with Crippen LogP contribution >= 0.6 is 23.4 Å². The quantitative estimate of drug-likeness (QED) is 0.703. The van der Waals surface area contributed by atoms with Gasteiger partial charge in [0.1, 0.15) is 4.91 Å². The third kappa shape index (κ3) is 3.49. The smallest absolute Gasteiger partial charge is 0.346 e. The maximum absolute atomic E-state index is 12.5. The Balaban J connectivity index is 2.15. The number of allylic oxidation sites excluding steroid dienone is 2. The molecule has 0 unspecified atom stereocenters. The Hall–Kier alpha value is -2.25. The molecule has 0 aliphatic carbocycles. The van der Waals surface area contributed by atoms with Gasteiger partial charge in [0.05, 0.1) is 31.0 Å². The van der Waals surface area contributed by atoms with Crippen molar-refractivity contribution in [3.63, 3.8) is 0 Å². The van der Waals surface area contributed by atoms with Crippen molar-refractivity contribution in [2.45, 2.75) is 26.8 Å². The second-order valence-corrected chi connectivity index (χ2v) is 7.36. The minimum Gasteiger partial charge on any atom is -0.466 e. The molecule has 0 radical (unpaired) electrons. The first kappa shape index (κ1) is 19.5. The average Bonchev–Trinajstić information content (AvgIpc) is 2.97. The summed E-state index contributed by atoms with van der Waals surface area (Å²) in [6, 6.07) is 6.77. The Morgan fingerprint density at radius 1 is 1.22 bits per heavy atom. The van der Waals surface area contributed by atoms with Crippen LogP contribution in [0.5, 0.6) is 0 Å². The molecular formula is C19H19ClN2O4S. The lowest BCUT2D eigenvalue weighted by molar-refractivity contribution is -0.138. The monoisotopic (exact) mass is 406 g/mol. The van der Waals surface area contributed by atoms with Crippen molar-refractivity contribution < 1.29 is 19.1 Å². The molecule has 0 bridgehead atoms. The molecule has 1 aromatic rings. The van der Waals surface area contributed by atoms with E-state index < -0.39 is 18.0 Å². The van der Waals surface area contributed by atoms with Gasteiger partial charge in [-0.25, -0.2) is 14.6 Å². The molecule has 0 aromatic heterocycles. The van der Waals surface area contributed by atoms with Crippen molar-refractivity contribution in [1.29, 1.82) is 0 Å². The minimum absolute atomic E-state index is 0.286. The van der Waals surface area contributed by atoms with Crippen LogP contribution < -0.4 is 0 Å². The van der Waals surface area contributed by atoms with Gasteiger partial charge in [0.2, 0.25) is 0 Å². The third-order valence-electron chi connectivity index (χ3n) is 4.33. The highest BCUT2D eigenvalue weighted by molar-refractivity contribution is 8.18. The number of fused-ring (bicyclic) bond motifs is 1. The van der Waals surface area contributed by atoms with Crippen molar-refractivity contribution in [3.05, 3.63) is 56.7 Å². The number of aliphatic imine (C=N–C) groups is 1. The zero-order valence-electron chi connectivity index (χ0n) is 15.4. The number of carbonyl (C=O) groups excluding carboxylic acids is 2. The third-order valence-corrected chi connectivity index (χ3v) is 5.71. The van der Waals surface area contributed by atoms with E-state index >= 15 is 0 Å². The standard InChI is InChI=1S/C19H19ClN2O4S/c1-5-26-18(24)16-11(3)22-15(12-6-8-13(20)9-7-12)14(17(23)25-4)10(2)21-19(22)27-16/h6-9,15H,5H2,1-4H3/t15-/m0/s1. The summed E-state index contributed by atoms with van der Waals surface area (Å²) in [5, 5.41) is 1.22. The van der Waals surface area contributed by atoms with Crippen LogP contribution in [0.25, 0.3) is 0 Å². The number of ether oxygens (including phenoxy) is 2. The number of halogens is 1. The van der Waals surface area contributed by atoms with Crippen molar-refractivity contribution >= 4 is 40.5 Å². The fourth-order valence-corrected chi connectivity index (χ4v) is 4.31. The second-order valence-electron chi connectivity index (χ2n) is 5.95.